The lowest BCUT2D eigenvalue weighted by Gasteiger charge is -2.33. The molecule has 0 bridgehead atoms. The quantitative estimate of drug-likeness (QED) is 0.611. The predicted octanol–water partition coefficient (Wildman–Crippen LogP) is 4.97. The number of halogens is 2. The van der Waals surface area contributed by atoms with Crippen molar-refractivity contribution >= 4 is 34.8 Å². The van der Waals surface area contributed by atoms with Gasteiger partial charge in [-0.05, 0) is 60.5 Å². The zero-order valence-electron chi connectivity index (χ0n) is 16.8. The number of hydrogen-bond acceptors (Lipinski definition) is 3. The Balaban J connectivity index is 1.55. The van der Waals surface area contributed by atoms with Gasteiger partial charge in [0.2, 0.25) is 5.91 Å². The first-order valence-electron chi connectivity index (χ1n) is 9.80. The van der Waals surface area contributed by atoms with Gasteiger partial charge in [0.25, 0.3) is 5.91 Å². The minimum absolute atomic E-state index is 0.109. The van der Waals surface area contributed by atoms with E-state index in [1.807, 2.05) is 12.1 Å². The van der Waals surface area contributed by atoms with Gasteiger partial charge in [0.15, 0.2) is 6.10 Å². The number of anilines is 2. The van der Waals surface area contributed by atoms with Crippen LogP contribution in [-0.2, 0) is 22.6 Å². The van der Waals surface area contributed by atoms with Crippen molar-refractivity contribution in [2.45, 2.75) is 26.0 Å². The number of nitrogens with one attached hydrogen (secondary N) is 1. The number of carbonyl (C=O) groups is 2. The molecule has 1 heterocycles. The molecule has 7 heteroatoms. The van der Waals surface area contributed by atoms with Gasteiger partial charge < -0.3 is 15.0 Å². The number of carbonyl (C=O) groups excluding carboxylic acids is 2. The summed E-state index contributed by atoms with van der Waals surface area (Å²) in [6.45, 7) is 2.06. The fraction of sp³-hybridized carbons (Fsp3) is 0.167. The molecule has 3 aromatic carbocycles. The van der Waals surface area contributed by atoms with Gasteiger partial charge in [-0.3, -0.25) is 9.59 Å². The number of fused-ring (bicyclic) bond motifs is 1. The van der Waals surface area contributed by atoms with Crippen LogP contribution in [-0.4, -0.2) is 17.9 Å². The predicted molar refractivity (Wildman–Crippen MR) is 118 cm³/mol. The Hall–Kier alpha value is -3.38. The van der Waals surface area contributed by atoms with Crippen molar-refractivity contribution in [2.24, 2.45) is 0 Å². The molecule has 158 valence electrons. The Kier molecular flexibility index (Phi) is 5.91. The van der Waals surface area contributed by atoms with E-state index in [2.05, 4.69) is 5.32 Å². The van der Waals surface area contributed by atoms with Crippen molar-refractivity contribution in [1.82, 2.24) is 0 Å². The lowest BCUT2D eigenvalue weighted by Crippen LogP contribution is -2.44. The molecule has 0 fully saturated rings. The third-order valence-corrected chi connectivity index (χ3v) is 5.23. The van der Waals surface area contributed by atoms with E-state index in [1.54, 1.807) is 54.3 Å². The molecule has 1 atom stereocenters. The zero-order chi connectivity index (χ0) is 22.0. The van der Waals surface area contributed by atoms with Gasteiger partial charge in [-0.1, -0.05) is 35.9 Å². The fourth-order valence-electron chi connectivity index (χ4n) is 3.41. The largest absolute Gasteiger partial charge is 0.479 e. The molecule has 0 aromatic heterocycles. The number of hydrogen-bond donors (Lipinski definition) is 1. The van der Waals surface area contributed by atoms with Crippen LogP contribution >= 0.6 is 11.6 Å². The van der Waals surface area contributed by atoms with Crippen molar-refractivity contribution in [1.29, 1.82) is 0 Å². The Morgan fingerprint density at radius 3 is 2.45 bits per heavy atom. The average molecular weight is 439 g/mol. The first-order valence-corrected chi connectivity index (χ1v) is 10.2. The molecule has 0 radical (unpaired) electrons. The lowest BCUT2D eigenvalue weighted by atomic mass is 10.1. The van der Waals surface area contributed by atoms with E-state index in [4.69, 9.17) is 16.3 Å². The SMILES string of the molecule is CC1Oc2ccc(NC(=O)Cc3ccc(F)cc3)cc2N(Cc2ccc(Cl)cc2)C1=O. The van der Waals surface area contributed by atoms with Gasteiger partial charge in [0.1, 0.15) is 11.6 Å². The molecular formula is C24H20ClFN2O3. The number of nitrogens with zero attached hydrogens (tertiary/aromatic N) is 1. The number of rotatable bonds is 5. The molecule has 3 aromatic rings. The molecule has 5 nitrogen and oxygen atoms in total. The van der Waals surface area contributed by atoms with Crippen LogP contribution in [0.25, 0.3) is 0 Å². The summed E-state index contributed by atoms with van der Waals surface area (Å²) < 4.78 is 18.8. The minimum atomic E-state index is -0.612. The zero-order valence-corrected chi connectivity index (χ0v) is 17.5. The van der Waals surface area contributed by atoms with E-state index in [1.165, 1.54) is 12.1 Å². The molecule has 0 saturated carbocycles. The normalized spacial score (nSPS) is 15.3. The Labute approximate surface area is 184 Å². The van der Waals surface area contributed by atoms with Crippen molar-refractivity contribution in [2.75, 3.05) is 10.2 Å². The number of amides is 2. The lowest BCUT2D eigenvalue weighted by molar-refractivity contribution is -0.125. The molecule has 1 aliphatic heterocycles. The molecule has 0 aliphatic carbocycles. The summed E-state index contributed by atoms with van der Waals surface area (Å²) in [6.07, 6.45) is -0.503. The van der Waals surface area contributed by atoms with Gasteiger partial charge in [-0.25, -0.2) is 4.39 Å². The molecule has 1 aliphatic rings. The summed E-state index contributed by atoms with van der Waals surface area (Å²) in [6, 6.07) is 18.3. The van der Waals surface area contributed by atoms with E-state index < -0.39 is 6.10 Å². The Bertz CT molecular complexity index is 1120. The van der Waals surface area contributed by atoms with Crippen LogP contribution in [0.2, 0.25) is 5.02 Å². The monoisotopic (exact) mass is 438 g/mol. The molecule has 0 spiro atoms. The fourth-order valence-corrected chi connectivity index (χ4v) is 3.54. The maximum atomic E-state index is 13.1. The molecule has 2 amide bonds. The van der Waals surface area contributed by atoms with E-state index >= 15 is 0 Å². The molecule has 4 rings (SSSR count). The first-order chi connectivity index (χ1) is 14.9. The summed E-state index contributed by atoms with van der Waals surface area (Å²) in [5, 5.41) is 3.45. The highest BCUT2D eigenvalue weighted by Crippen LogP contribution is 2.37. The van der Waals surface area contributed by atoms with Crippen LogP contribution in [0.4, 0.5) is 15.8 Å². The highest BCUT2D eigenvalue weighted by Gasteiger charge is 2.31. The third-order valence-electron chi connectivity index (χ3n) is 4.98. The van der Waals surface area contributed by atoms with Gasteiger partial charge >= 0.3 is 0 Å². The molecule has 1 N–H and O–H groups in total. The molecule has 1 unspecified atom stereocenters. The van der Waals surface area contributed by atoms with E-state index in [0.29, 0.717) is 34.3 Å². The standard InChI is InChI=1S/C24H20ClFN2O3/c1-15-24(30)28(14-17-2-6-18(25)7-3-17)21-13-20(10-11-22(21)31-15)27-23(29)12-16-4-8-19(26)9-5-16/h2-11,13,15H,12,14H2,1H3,(H,27,29). The summed E-state index contributed by atoms with van der Waals surface area (Å²) in [4.78, 5) is 26.9. The Morgan fingerprint density at radius 1 is 1.06 bits per heavy atom. The van der Waals surface area contributed by atoms with Crippen LogP contribution in [0.1, 0.15) is 18.1 Å². The molecule has 0 saturated heterocycles. The third kappa shape index (κ3) is 4.86. The highest BCUT2D eigenvalue weighted by molar-refractivity contribution is 6.30. The second kappa shape index (κ2) is 8.78. The number of benzene rings is 3. The van der Waals surface area contributed by atoms with Crippen LogP contribution < -0.4 is 15.0 Å². The average Bonchev–Trinajstić information content (AvgIpc) is 2.75. The summed E-state index contributed by atoms with van der Waals surface area (Å²) in [5.74, 6) is -0.194. The second-order valence-electron chi connectivity index (χ2n) is 7.34. The number of ether oxygens (including phenoxy) is 1. The molecule has 31 heavy (non-hydrogen) atoms. The van der Waals surface area contributed by atoms with E-state index in [9.17, 15) is 14.0 Å². The van der Waals surface area contributed by atoms with Crippen LogP contribution in [0.5, 0.6) is 5.75 Å². The molecular weight excluding hydrogens is 419 g/mol. The van der Waals surface area contributed by atoms with Crippen LogP contribution in [0, 0.1) is 5.82 Å². The van der Waals surface area contributed by atoms with Gasteiger partial charge in [0, 0.05) is 10.7 Å². The van der Waals surface area contributed by atoms with E-state index in [0.717, 1.165) is 5.56 Å². The van der Waals surface area contributed by atoms with Gasteiger partial charge in [0.05, 0.1) is 18.7 Å². The summed E-state index contributed by atoms with van der Waals surface area (Å²) >= 11 is 5.96. The highest BCUT2D eigenvalue weighted by atomic mass is 35.5. The van der Waals surface area contributed by atoms with Crippen molar-refractivity contribution in [3.8, 4) is 5.75 Å². The minimum Gasteiger partial charge on any atom is -0.479 e. The maximum absolute atomic E-state index is 13.1. The maximum Gasteiger partial charge on any atom is 0.268 e. The first kappa shape index (κ1) is 20.9. The van der Waals surface area contributed by atoms with Gasteiger partial charge in [-0.2, -0.15) is 0 Å². The van der Waals surface area contributed by atoms with Crippen molar-refractivity contribution in [3.05, 3.63) is 88.7 Å². The second-order valence-corrected chi connectivity index (χ2v) is 7.78. The Morgan fingerprint density at radius 2 is 1.74 bits per heavy atom. The smallest absolute Gasteiger partial charge is 0.268 e. The van der Waals surface area contributed by atoms with Crippen LogP contribution in [0.15, 0.2) is 66.7 Å². The van der Waals surface area contributed by atoms with Gasteiger partial charge in [-0.15, -0.1) is 0 Å². The summed E-state index contributed by atoms with van der Waals surface area (Å²) in [7, 11) is 0. The van der Waals surface area contributed by atoms with Crippen molar-refractivity contribution < 1.29 is 18.7 Å². The van der Waals surface area contributed by atoms with Crippen LogP contribution in [0.3, 0.4) is 0 Å². The topological polar surface area (TPSA) is 58.6 Å². The van der Waals surface area contributed by atoms with Crippen molar-refractivity contribution in [3.63, 3.8) is 0 Å². The summed E-state index contributed by atoms with van der Waals surface area (Å²) in [5.41, 5.74) is 2.74. The van der Waals surface area contributed by atoms with E-state index in [-0.39, 0.29) is 24.1 Å².